The fraction of sp³-hybridized carbons (Fsp3) is 0.167. The monoisotopic (exact) mass is 406 g/mol. The summed E-state index contributed by atoms with van der Waals surface area (Å²) in [6.07, 6.45) is 1.81. The summed E-state index contributed by atoms with van der Waals surface area (Å²) < 4.78 is 5.55. The number of amides is 1. The predicted molar refractivity (Wildman–Crippen MR) is 120 cm³/mol. The number of aryl methyl sites for hydroxylation is 3. The van der Waals surface area contributed by atoms with Gasteiger partial charge < -0.3 is 10.1 Å². The number of benzene rings is 3. The van der Waals surface area contributed by atoms with Crippen LogP contribution < -0.4 is 10.1 Å². The predicted octanol–water partition coefficient (Wildman–Crippen LogP) is 6.03. The molecule has 0 atom stereocenters. The highest BCUT2D eigenvalue weighted by Gasteiger charge is 2.05. The quantitative estimate of drug-likeness (QED) is 0.508. The van der Waals surface area contributed by atoms with Crippen LogP contribution in [0, 0.1) is 20.8 Å². The van der Waals surface area contributed by atoms with Gasteiger partial charge in [-0.05, 0) is 91.6 Å². The van der Waals surface area contributed by atoms with Gasteiger partial charge in [0.05, 0.1) is 5.69 Å². The standard InChI is InChI=1S/C24H23ClN2O2/c1-16-4-8-20(12-18(16)3)26-14-19-6-10-22(11-7-19)29-15-24(28)27-21-9-5-17(2)23(25)13-21/h4-14H,15H2,1-3H3,(H,27,28). The minimum atomic E-state index is -0.245. The molecule has 5 heteroatoms. The van der Waals surface area contributed by atoms with Gasteiger partial charge in [-0.3, -0.25) is 9.79 Å². The second kappa shape index (κ2) is 9.39. The second-order valence-electron chi connectivity index (χ2n) is 6.90. The van der Waals surface area contributed by atoms with E-state index in [1.165, 1.54) is 11.1 Å². The molecule has 3 aromatic rings. The van der Waals surface area contributed by atoms with Crippen LogP contribution in [0.4, 0.5) is 11.4 Å². The average Bonchev–Trinajstić information content (AvgIpc) is 2.71. The third-order valence-electron chi connectivity index (χ3n) is 4.56. The zero-order valence-electron chi connectivity index (χ0n) is 16.7. The lowest BCUT2D eigenvalue weighted by Gasteiger charge is -2.08. The third-order valence-corrected chi connectivity index (χ3v) is 4.97. The number of hydrogen-bond acceptors (Lipinski definition) is 3. The van der Waals surface area contributed by atoms with Gasteiger partial charge in [-0.1, -0.05) is 23.7 Å². The van der Waals surface area contributed by atoms with E-state index in [1.54, 1.807) is 6.07 Å². The second-order valence-corrected chi connectivity index (χ2v) is 7.30. The summed E-state index contributed by atoms with van der Waals surface area (Å²) in [7, 11) is 0. The molecule has 29 heavy (non-hydrogen) atoms. The number of rotatable bonds is 6. The van der Waals surface area contributed by atoms with Crippen molar-refractivity contribution >= 4 is 35.1 Å². The molecule has 0 aliphatic heterocycles. The Morgan fingerprint density at radius 1 is 0.966 bits per heavy atom. The van der Waals surface area contributed by atoms with E-state index in [1.807, 2.05) is 55.6 Å². The van der Waals surface area contributed by atoms with E-state index in [0.29, 0.717) is 16.5 Å². The third kappa shape index (κ3) is 5.93. The molecule has 0 saturated carbocycles. The highest BCUT2D eigenvalue weighted by Crippen LogP contribution is 2.20. The van der Waals surface area contributed by atoms with E-state index >= 15 is 0 Å². The molecule has 0 aliphatic carbocycles. The van der Waals surface area contributed by atoms with Crippen molar-refractivity contribution in [2.75, 3.05) is 11.9 Å². The lowest BCUT2D eigenvalue weighted by molar-refractivity contribution is -0.118. The van der Waals surface area contributed by atoms with E-state index < -0.39 is 0 Å². The van der Waals surface area contributed by atoms with E-state index in [-0.39, 0.29) is 12.5 Å². The van der Waals surface area contributed by atoms with E-state index in [0.717, 1.165) is 16.8 Å². The smallest absolute Gasteiger partial charge is 0.262 e. The maximum absolute atomic E-state index is 12.1. The number of nitrogens with zero attached hydrogens (tertiary/aromatic N) is 1. The van der Waals surface area contributed by atoms with E-state index in [9.17, 15) is 4.79 Å². The van der Waals surface area contributed by atoms with E-state index in [4.69, 9.17) is 16.3 Å². The molecule has 3 rings (SSSR count). The molecular weight excluding hydrogens is 384 g/mol. The first kappa shape index (κ1) is 20.6. The average molecular weight is 407 g/mol. The number of carbonyl (C=O) groups excluding carboxylic acids is 1. The molecule has 1 N–H and O–H groups in total. The summed E-state index contributed by atoms with van der Waals surface area (Å²) in [4.78, 5) is 16.6. The van der Waals surface area contributed by atoms with Gasteiger partial charge in [0.1, 0.15) is 5.75 Å². The molecule has 148 valence electrons. The first-order valence-corrected chi connectivity index (χ1v) is 9.69. The van der Waals surface area contributed by atoms with Crippen LogP contribution in [0.3, 0.4) is 0 Å². The summed E-state index contributed by atoms with van der Waals surface area (Å²) in [5.74, 6) is 0.371. The van der Waals surface area contributed by atoms with Crippen molar-refractivity contribution in [1.29, 1.82) is 0 Å². The Balaban J connectivity index is 1.53. The van der Waals surface area contributed by atoms with Gasteiger partial charge in [-0.2, -0.15) is 0 Å². The molecule has 0 fully saturated rings. The number of hydrogen-bond donors (Lipinski definition) is 1. The number of halogens is 1. The normalized spacial score (nSPS) is 10.9. The Morgan fingerprint density at radius 2 is 1.69 bits per heavy atom. The summed E-state index contributed by atoms with van der Waals surface area (Å²) in [5, 5.41) is 3.38. The van der Waals surface area contributed by atoms with Gasteiger partial charge in [0, 0.05) is 16.9 Å². The Hall–Kier alpha value is -3.11. The van der Waals surface area contributed by atoms with Crippen molar-refractivity contribution in [1.82, 2.24) is 0 Å². The van der Waals surface area contributed by atoms with Gasteiger partial charge in [-0.25, -0.2) is 0 Å². The van der Waals surface area contributed by atoms with Crippen molar-refractivity contribution in [3.63, 3.8) is 0 Å². The van der Waals surface area contributed by atoms with Crippen LogP contribution in [-0.4, -0.2) is 18.7 Å². The molecule has 0 heterocycles. The molecular formula is C24H23ClN2O2. The largest absolute Gasteiger partial charge is 0.484 e. The van der Waals surface area contributed by atoms with E-state index in [2.05, 4.69) is 36.3 Å². The molecule has 4 nitrogen and oxygen atoms in total. The highest BCUT2D eigenvalue weighted by atomic mass is 35.5. The van der Waals surface area contributed by atoms with Crippen molar-refractivity contribution in [2.24, 2.45) is 4.99 Å². The molecule has 0 aromatic heterocycles. The van der Waals surface area contributed by atoms with Crippen LogP contribution in [0.15, 0.2) is 65.7 Å². The Kier molecular flexibility index (Phi) is 6.68. The van der Waals surface area contributed by atoms with Crippen molar-refractivity contribution in [2.45, 2.75) is 20.8 Å². The van der Waals surface area contributed by atoms with Crippen LogP contribution >= 0.6 is 11.6 Å². The van der Waals surface area contributed by atoms with Crippen LogP contribution in [0.2, 0.25) is 5.02 Å². The van der Waals surface area contributed by atoms with Crippen molar-refractivity contribution < 1.29 is 9.53 Å². The molecule has 1 amide bonds. The van der Waals surface area contributed by atoms with Gasteiger partial charge in [-0.15, -0.1) is 0 Å². The lowest BCUT2D eigenvalue weighted by atomic mass is 10.1. The Labute approximate surface area is 176 Å². The zero-order valence-corrected chi connectivity index (χ0v) is 17.5. The first-order valence-electron chi connectivity index (χ1n) is 9.31. The molecule has 0 radical (unpaired) electrons. The zero-order chi connectivity index (χ0) is 20.8. The SMILES string of the molecule is Cc1ccc(N=Cc2ccc(OCC(=O)Nc3ccc(C)c(Cl)c3)cc2)cc1C. The molecule has 0 saturated heterocycles. The Morgan fingerprint density at radius 3 is 2.38 bits per heavy atom. The maximum atomic E-state index is 12.1. The topological polar surface area (TPSA) is 50.7 Å². The number of aliphatic imine (C=N–C) groups is 1. The van der Waals surface area contributed by atoms with Crippen LogP contribution in [0.25, 0.3) is 0 Å². The first-order chi connectivity index (χ1) is 13.9. The van der Waals surface area contributed by atoms with Crippen LogP contribution in [0.5, 0.6) is 5.75 Å². The number of anilines is 1. The minimum absolute atomic E-state index is 0.0818. The van der Waals surface area contributed by atoms with Crippen molar-refractivity contribution in [3.05, 3.63) is 87.9 Å². The van der Waals surface area contributed by atoms with Gasteiger partial charge in [0.25, 0.3) is 5.91 Å². The van der Waals surface area contributed by atoms with Gasteiger partial charge >= 0.3 is 0 Å². The molecule has 3 aromatic carbocycles. The highest BCUT2D eigenvalue weighted by molar-refractivity contribution is 6.31. The van der Waals surface area contributed by atoms with Crippen LogP contribution in [-0.2, 0) is 4.79 Å². The van der Waals surface area contributed by atoms with Crippen LogP contribution in [0.1, 0.15) is 22.3 Å². The Bertz CT molecular complexity index is 1040. The molecule has 0 aliphatic rings. The van der Waals surface area contributed by atoms with Crippen molar-refractivity contribution in [3.8, 4) is 5.75 Å². The summed E-state index contributed by atoms with van der Waals surface area (Å²) in [6, 6.07) is 18.9. The number of carbonyl (C=O) groups is 1. The summed E-state index contributed by atoms with van der Waals surface area (Å²) >= 11 is 6.07. The molecule has 0 unspecified atom stereocenters. The number of ether oxygens (including phenoxy) is 1. The number of nitrogens with one attached hydrogen (secondary N) is 1. The summed E-state index contributed by atoms with van der Waals surface area (Å²) in [6.45, 7) is 5.98. The maximum Gasteiger partial charge on any atom is 0.262 e. The van der Waals surface area contributed by atoms with Gasteiger partial charge in [0.15, 0.2) is 6.61 Å². The molecule has 0 spiro atoms. The fourth-order valence-corrected chi connectivity index (χ4v) is 2.80. The molecule has 0 bridgehead atoms. The van der Waals surface area contributed by atoms with Gasteiger partial charge in [0.2, 0.25) is 0 Å². The fourth-order valence-electron chi connectivity index (χ4n) is 2.62. The summed E-state index contributed by atoms with van der Waals surface area (Å²) in [5.41, 5.74) is 5.94. The minimum Gasteiger partial charge on any atom is -0.484 e. The lowest BCUT2D eigenvalue weighted by Crippen LogP contribution is -2.20.